The topological polar surface area (TPSA) is 85.2 Å². The molecule has 0 aliphatic rings. The quantitative estimate of drug-likeness (QED) is 0.434. The third kappa shape index (κ3) is 4.83. The van der Waals surface area contributed by atoms with Gasteiger partial charge in [-0.25, -0.2) is 14.8 Å². The lowest BCUT2D eigenvalue weighted by Crippen LogP contribution is -2.05. The molecule has 0 amide bonds. The van der Waals surface area contributed by atoms with E-state index in [2.05, 4.69) is 68.2 Å². The van der Waals surface area contributed by atoms with Gasteiger partial charge in [0.05, 0.1) is 6.54 Å². The predicted octanol–water partition coefficient (Wildman–Crippen LogP) is 4.41. The number of hydrogen-bond donors (Lipinski definition) is 1. The molecule has 0 unspecified atom stereocenters. The van der Waals surface area contributed by atoms with Gasteiger partial charge in [0.1, 0.15) is 5.82 Å². The molecule has 2 heterocycles. The first-order chi connectivity index (χ1) is 15.3. The van der Waals surface area contributed by atoms with E-state index in [1.165, 1.54) is 5.56 Å². The maximum atomic E-state index is 4.76. The molecule has 0 aliphatic carbocycles. The number of hydrogen-bond acceptors (Lipinski definition) is 5. The van der Waals surface area contributed by atoms with Crippen LogP contribution in [0.2, 0.25) is 0 Å². The monoisotopic (exact) mass is 411 g/mol. The number of allylic oxidation sites excluding steroid dienone is 4. The van der Waals surface area contributed by atoms with Gasteiger partial charge in [-0.05, 0) is 41.0 Å². The summed E-state index contributed by atoms with van der Waals surface area (Å²) in [5.41, 5.74) is 4.35. The number of nitrogens with one attached hydrogen (secondary N) is 1. The lowest BCUT2D eigenvalue weighted by Gasteiger charge is -2.08. The third-order valence-electron chi connectivity index (χ3n) is 5.00. The summed E-state index contributed by atoms with van der Waals surface area (Å²) in [6.45, 7) is 4.75. The van der Waals surface area contributed by atoms with E-state index in [9.17, 15) is 0 Å². The second-order valence-electron chi connectivity index (χ2n) is 7.14. The molecule has 0 aliphatic heterocycles. The molecule has 7 heteroatoms. The highest BCUT2D eigenvalue weighted by atomic mass is 15.5. The summed E-state index contributed by atoms with van der Waals surface area (Å²) in [6, 6.07) is 16.6. The number of nitrogens with zero attached hydrogens (tertiary/aromatic N) is 6. The highest BCUT2D eigenvalue weighted by molar-refractivity contribution is 5.80. The molecule has 4 rings (SSSR count). The van der Waals surface area contributed by atoms with Crippen LogP contribution in [-0.4, -0.2) is 35.4 Å². The second-order valence-corrected chi connectivity index (χ2v) is 7.14. The normalized spacial score (nSPS) is 11.7. The molecule has 2 aromatic heterocycles. The van der Waals surface area contributed by atoms with Crippen molar-refractivity contribution in [1.82, 2.24) is 35.4 Å². The summed E-state index contributed by atoms with van der Waals surface area (Å²) in [5, 5.41) is 19.0. The standard InChI is InChI=1S/C24H25N7/c1-3-5-11-22-25-23(31(28-22)16-6-4-2)17-18-12-14-19(15-13-18)20-9-7-8-10-21(20)24-26-29-30-27-24/h3-10,12-15H,11,16-17H2,1-2H3,(H,26,27,29,30)/b5-3+,6-4+. The third-order valence-corrected chi connectivity index (χ3v) is 5.00. The van der Waals surface area contributed by atoms with Crippen LogP contribution in [0, 0.1) is 0 Å². The number of rotatable bonds is 8. The zero-order valence-electron chi connectivity index (χ0n) is 17.7. The largest absolute Gasteiger partial charge is 0.246 e. The van der Waals surface area contributed by atoms with Gasteiger partial charge in [0.2, 0.25) is 0 Å². The molecule has 0 spiro atoms. The van der Waals surface area contributed by atoms with Crippen molar-refractivity contribution < 1.29 is 0 Å². The van der Waals surface area contributed by atoms with Crippen LogP contribution in [0.1, 0.15) is 31.1 Å². The molecule has 2 aromatic carbocycles. The number of aromatic nitrogens is 7. The Morgan fingerprint density at radius 2 is 1.71 bits per heavy atom. The number of H-pyrrole nitrogens is 1. The molecule has 4 aromatic rings. The van der Waals surface area contributed by atoms with E-state index in [0.717, 1.165) is 47.7 Å². The van der Waals surface area contributed by atoms with Crippen molar-refractivity contribution in [2.24, 2.45) is 0 Å². The number of aromatic amines is 1. The average Bonchev–Trinajstić information content (AvgIpc) is 3.47. The summed E-state index contributed by atoms with van der Waals surface area (Å²) in [7, 11) is 0. The van der Waals surface area contributed by atoms with Gasteiger partial charge in [0.15, 0.2) is 11.6 Å². The molecule has 0 bridgehead atoms. The maximum Gasteiger partial charge on any atom is 0.180 e. The van der Waals surface area contributed by atoms with E-state index in [-0.39, 0.29) is 0 Å². The molecule has 31 heavy (non-hydrogen) atoms. The first kappa shape index (κ1) is 20.4. The van der Waals surface area contributed by atoms with Crippen LogP contribution in [0.25, 0.3) is 22.5 Å². The molecular formula is C24H25N7. The SMILES string of the molecule is C/C=C/Cc1nc(Cc2ccc(-c3ccccc3-c3nnn[nH]3)cc2)n(C/C=C/C)n1. The molecule has 7 nitrogen and oxygen atoms in total. The van der Waals surface area contributed by atoms with Gasteiger partial charge in [-0.15, -0.1) is 5.10 Å². The van der Waals surface area contributed by atoms with Crippen LogP contribution in [0.4, 0.5) is 0 Å². The summed E-state index contributed by atoms with van der Waals surface area (Å²) in [4.78, 5) is 4.76. The number of tetrazole rings is 1. The van der Waals surface area contributed by atoms with Crippen LogP contribution in [0.3, 0.4) is 0 Å². The summed E-state index contributed by atoms with van der Waals surface area (Å²) in [6.07, 6.45) is 9.71. The molecule has 1 N–H and O–H groups in total. The fourth-order valence-corrected chi connectivity index (χ4v) is 3.42. The Kier molecular flexibility index (Phi) is 6.42. The Hall–Kier alpha value is -3.87. The van der Waals surface area contributed by atoms with Gasteiger partial charge in [-0.2, -0.15) is 5.10 Å². The highest BCUT2D eigenvalue weighted by Crippen LogP contribution is 2.29. The van der Waals surface area contributed by atoms with Crippen molar-refractivity contribution in [2.75, 3.05) is 0 Å². The summed E-state index contributed by atoms with van der Waals surface area (Å²) >= 11 is 0. The fourth-order valence-electron chi connectivity index (χ4n) is 3.42. The fraction of sp³-hybridized carbons (Fsp3) is 0.208. The zero-order valence-corrected chi connectivity index (χ0v) is 17.7. The van der Waals surface area contributed by atoms with Gasteiger partial charge < -0.3 is 0 Å². The van der Waals surface area contributed by atoms with Crippen molar-refractivity contribution in [3.8, 4) is 22.5 Å². The first-order valence-electron chi connectivity index (χ1n) is 10.4. The second kappa shape index (κ2) is 9.75. The van der Waals surface area contributed by atoms with Gasteiger partial charge in [0, 0.05) is 18.4 Å². The van der Waals surface area contributed by atoms with Crippen LogP contribution in [0.5, 0.6) is 0 Å². The van der Waals surface area contributed by atoms with Crippen LogP contribution in [-0.2, 0) is 19.4 Å². The lowest BCUT2D eigenvalue weighted by atomic mass is 9.98. The molecule has 0 atom stereocenters. The van der Waals surface area contributed by atoms with Gasteiger partial charge in [-0.3, -0.25) is 0 Å². The summed E-state index contributed by atoms with van der Waals surface area (Å²) < 4.78 is 1.99. The minimum atomic E-state index is 0.658. The maximum absolute atomic E-state index is 4.76. The minimum absolute atomic E-state index is 0.658. The van der Waals surface area contributed by atoms with E-state index in [0.29, 0.717) is 5.82 Å². The molecule has 0 saturated carbocycles. The van der Waals surface area contributed by atoms with Crippen LogP contribution < -0.4 is 0 Å². The van der Waals surface area contributed by atoms with E-state index in [1.54, 1.807) is 0 Å². The number of benzene rings is 2. The van der Waals surface area contributed by atoms with Crippen molar-refractivity contribution >= 4 is 0 Å². The van der Waals surface area contributed by atoms with E-state index in [1.807, 2.05) is 48.9 Å². The van der Waals surface area contributed by atoms with Crippen molar-refractivity contribution in [2.45, 2.75) is 33.2 Å². The smallest absolute Gasteiger partial charge is 0.180 e. The molecule has 156 valence electrons. The molecular weight excluding hydrogens is 386 g/mol. The molecule has 0 radical (unpaired) electrons. The Labute approximate surface area is 181 Å². The van der Waals surface area contributed by atoms with Gasteiger partial charge >= 0.3 is 0 Å². The molecule has 0 saturated heterocycles. The highest BCUT2D eigenvalue weighted by Gasteiger charge is 2.12. The van der Waals surface area contributed by atoms with Crippen molar-refractivity contribution in [1.29, 1.82) is 0 Å². The van der Waals surface area contributed by atoms with Crippen molar-refractivity contribution in [3.05, 3.63) is 90.0 Å². The van der Waals surface area contributed by atoms with Crippen molar-refractivity contribution in [3.63, 3.8) is 0 Å². The van der Waals surface area contributed by atoms with E-state index >= 15 is 0 Å². The van der Waals surface area contributed by atoms with E-state index < -0.39 is 0 Å². The minimum Gasteiger partial charge on any atom is -0.246 e. The summed E-state index contributed by atoms with van der Waals surface area (Å²) in [5.74, 6) is 2.48. The van der Waals surface area contributed by atoms with Gasteiger partial charge in [0.25, 0.3) is 0 Å². The average molecular weight is 412 g/mol. The predicted molar refractivity (Wildman–Crippen MR) is 121 cm³/mol. The zero-order chi connectivity index (χ0) is 21.5. The van der Waals surface area contributed by atoms with E-state index in [4.69, 9.17) is 4.98 Å². The van der Waals surface area contributed by atoms with Gasteiger partial charge in [-0.1, -0.05) is 72.8 Å². The Bertz CT molecular complexity index is 1170. The van der Waals surface area contributed by atoms with Crippen LogP contribution >= 0.6 is 0 Å². The Balaban J connectivity index is 1.58. The lowest BCUT2D eigenvalue weighted by molar-refractivity contribution is 0.654. The first-order valence-corrected chi connectivity index (χ1v) is 10.4. The molecule has 0 fully saturated rings. The Morgan fingerprint density at radius 3 is 2.42 bits per heavy atom. The van der Waals surface area contributed by atoms with Crippen LogP contribution in [0.15, 0.2) is 72.8 Å². The Morgan fingerprint density at radius 1 is 0.935 bits per heavy atom.